The van der Waals surface area contributed by atoms with Gasteiger partial charge in [0.15, 0.2) is 0 Å². The first-order chi connectivity index (χ1) is 8.97. The first-order valence-corrected chi connectivity index (χ1v) is 8.60. The predicted molar refractivity (Wildman–Crippen MR) is 90.3 cm³/mol. The number of hydrogen-bond donors (Lipinski definition) is 1. The molecule has 3 atom stereocenters. The number of amides is 1. The molecular formula is C15H19BrINO. The Morgan fingerprint density at radius 2 is 2.11 bits per heavy atom. The van der Waals surface area contributed by atoms with Crippen LogP contribution in [0.25, 0.3) is 0 Å². The van der Waals surface area contributed by atoms with Crippen molar-refractivity contribution in [3.05, 3.63) is 31.8 Å². The van der Waals surface area contributed by atoms with Gasteiger partial charge in [-0.2, -0.15) is 0 Å². The predicted octanol–water partition coefficient (Wildman–Crippen LogP) is 4.61. The van der Waals surface area contributed by atoms with E-state index in [-0.39, 0.29) is 5.91 Å². The van der Waals surface area contributed by atoms with Crippen molar-refractivity contribution in [2.75, 3.05) is 0 Å². The lowest BCUT2D eigenvalue weighted by Crippen LogP contribution is -2.42. The maximum atomic E-state index is 12.4. The first kappa shape index (κ1) is 15.3. The molecule has 0 bridgehead atoms. The third-order valence-corrected chi connectivity index (χ3v) is 5.35. The lowest BCUT2D eigenvalue weighted by Gasteiger charge is -2.33. The second-order valence-electron chi connectivity index (χ2n) is 5.60. The summed E-state index contributed by atoms with van der Waals surface area (Å²) >= 11 is 5.64. The van der Waals surface area contributed by atoms with Crippen molar-refractivity contribution < 1.29 is 4.79 Å². The van der Waals surface area contributed by atoms with Crippen LogP contribution in [0.3, 0.4) is 0 Å². The highest BCUT2D eigenvalue weighted by molar-refractivity contribution is 14.1. The fourth-order valence-electron chi connectivity index (χ4n) is 2.80. The molecule has 1 fully saturated rings. The van der Waals surface area contributed by atoms with E-state index in [1.54, 1.807) is 0 Å². The number of halogens is 2. The highest BCUT2D eigenvalue weighted by Crippen LogP contribution is 2.29. The van der Waals surface area contributed by atoms with E-state index in [4.69, 9.17) is 0 Å². The fourth-order valence-corrected chi connectivity index (χ4v) is 3.74. The molecule has 0 aliphatic heterocycles. The molecule has 1 amide bonds. The molecular weight excluding hydrogens is 417 g/mol. The van der Waals surface area contributed by atoms with Gasteiger partial charge in [0.2, 0.25) is 0 Å². The molecule has 2 rings (SSSR count). The molecule has 0 radical (unpaired) electrons. The standard InChI is InChI=1S/C15H19BrINO/c1-9-3-6-14(10(2)7-9)18-15(19)12-8-11(16)4-5-13(12)17/h4-5,8-10,14H,3,6-7H2,1-2H3,(H,18,19). The average Bonchev–Trinajstić information content (AvgIpc) is 2.35. The lowest BCUT2D eigenvalue weighted by atomic mass is 9.80. The van der Waals surface area contributed by atoms with Gasteiger partial charge in [0.1, 0.15) is 0 Å². The van der Waals surface area contributed by atoms with E-state index in [0.717, 1.165) is 25.9 Å². The van der Waals surface area contributed by atoms with Crippen LogP contribution in [0.5, 0.6) is 0 Å². The van der Waals surface area contributed by atoms with Crippen molar-refractivity contribution in [2.24, 2.45) is 11.8 Å². The quantitative estimate of drug-likeness (QED) is 0.675. The van der Waals surface area contributed by atoms with Crippen LogP contribution in [0.1, 0.15) is 43.5 Å². The molecule has 1 N–H and O–H groups in total. The molecule has 0 spiro atoms. The van der Waals surface area contributed by atoms with Crippen molar-refractivity contribution in [3.63, 3.8) is 0 Å². The molecule has 1 aliphatic carbocycles. The monoisotopic (exact) mass is 435 g/mol. The Morgan fingerprint density at radius 1 is 1.37 bits per heavy atom. The fraction of sp³-hybridized carbons (Fsp3) is 0.533. The van der Waals surface area contributed by atoms with Crippen LogP contribution in [-0.2, 0) is 0 Å². The molecule has 4 heteroatoms. The zero-order valence-corrected chi connectivity index (χ0v) is 15.0. The number of nitrogens with one attached hydrogen (secondary N) is 1. The number of rotatable bonds is 2. The van der Waals surface area contributed by atoms with E-state index in [1.807, 2.05) is 18.2 Å². The largest absolute Gasteiger partial charge is 0.349 e. The summed E-state index contributed by atoms with van der Waals surface area (Å²) in [5.74, 6) is 1.41. The Hall–Kier alpha value is -0.100. The van der Waals surface area contributed by atoms with Crippen LogP contribution >= 0.6 is 38.5 Å². The van der Waals surface area contributed by atoms with Crippen LogP contribution in [0.15, 0.2) is 22.7 Å². The Bertz CT molecular complexity index is 477. The maximum absolute atomic E-state index is 12.4. The molecule has 104 valence electrons. The van der Waals surface area contributed by atoms with Crippen molar-refractivity contribution in [1.29, 1.82) is 0 Å². The van der Waals surface area contributed by atoms with Gasteiger partial charge in [-0.25, -0.2) is 0 Å². The Labute approximate surface area is 137 Å². The van der Waals surface area contributed by atoms with E-state index in [1.165, 1.54) is 12.8 Å². The van der Waals surface area contributed by atoms with E-state index < -0.39 is 0 Å². The van der Waals surface area contributed by atoms with Gasteiger partial charge < -0.3 is 5.32 Å². The van der Waals surface area contributed by atoms with E-state index in [2.05, 4.69) is 57.7 Å². The normalized spacial score (nSPS) is 27.1. The van der Waals surface area contributed by atoms with Crippen LogP contribution in [0.4, 0.5) is 0 Å². The highest BCUT2D eigenvalue weighted by Gasteiger charge is 2.27. The van der Waals surface area contributed by atoms with Crippen LogP contribution < -0.4 is 5.32 Å². The number of carbonyl (C=O) groups excluding carboxylic acids is 1. The number of carbonyl (C=O) groups is 1. The third kappa shape index (κ3) is 3.94. The van der Waals surface area contributed by atoms with Crippen LogP contribution in [0, 0.1) is 15.4 Å². The summed E-state index contributed by atoms with van der Waals surface area (Å²) in [6, 6.07) is 6.14. The molecule has 2 nitrogen and oxygen atoms in total. The van der Waals surface area contributed by atoms with Gasteiger partial charge in [-0.3, -0.25) is 4.79 Å². The zero-order valence-electron chi connectivity index (χ0n) is 11.2. The summed E-state index contributed by atoms with van der Waals surface area (Å²) in [4.78, 5) is 12.4. The Balaban J connectivity index is 2.06. The molecule has 3 unspecified atom stereocenters. The molecule has 19 heavy (non-hydrogen) atoms. The van der Waals surface area contributed by atoms with Gasteiger partial charge in [0, 0.05) is 14.1 Å². The van der Waals surface area contributed by atoms with Gasteiger partial charge in [-0.15, -0.1) is 0 Å². The molecule has 0 heterocycles. The van der Waals surface area contributed by atoms with Gasteiger partial charge in [-0.1, -0.05) is 29.8 Å². The Kier molecular flexibility index (Phi) is 5.29. The minimum absolute atomic E-state index is 0.0529. The van der Waals surface area contributed by atoms with Gasteiger partial charge >= 0.3 is 0 Å². The number of benzene rings is 1. The van der Waals surface area contributed by atoms with Crippen molar-refractivity contribution >= 4 is 44.4 Å². The highest BCUT2D eigenvalue weighted by atomic mass is 127. The number of hydrogen-bond acceptors (Lipinski definition) is 1. The molecule has 1 aromatic carbocycles. The second kappa shape index (κ2) is 6.57. The van der Waals surface area contributed by atoms with Gasteiger partial charge in [0.25, 0.3) is 5.91 Å². The SMILES string of the molecule is CC1CCC(NC(=O)c2cc(Br)ccc2I)C(C)C1. The zero-order chi connectivity index (χ0) is 14.0. The van der Waals surface area contributed by atoms with E-state index in [9.17, 15) is 4.79 Å². The molecule has 1 aliphatic rings. The summed E-state index contributed by atoms with van der Waals surface area (Å²) in [5, 5.41) is 3.21. The summed E-state index contributed by atoms with van der Waals surface area (Å²) in [6.07, 6.45) is 3.52. The van der Waals surface area contributed by atoms with Crippen LogP contribution in [0.2, 0.25) is 0 Å². The first-order valence-electron chi connectivity index (χ1n) is 6.73. The topological polar surface area (TPSA) is 29.1 Å². The average molecular weight is 436 g/mol. The smallest absolute Gasteiger partial charge is 0.252 e. The molecule has 1 aromatic rings. The van der Waals surface area contributed by atoms with Crippen molar-refractivity contribution in [3.8, 4) is 0 Å². The Morgan fingerprint density at radius 3 is 2.79 bits per heavy atom. The van der Waals surface area contributed by atoms with Gasteiger partial charge in [-0.05, 0) is 71.9 Å². The minimum atomic E-state index is 0.0529. The second-order valence-corrected chi connectivity index (χ2v) is 7.68. The summed E-state index contributed by atoms with van der Waals surface area (Å²) in [5.41, 5.74) is 0.765. The van der Waals surface area contributed by atoms with Crippen LogP contribution in [-0.4, -0.2) is 11.9 Å². The van der Waals surface area contributed by atoms with Gasteiger partial charge in [0.05, 0.1) is 5.56 Å². The minimum Gasteiger partial charge on any atom is -0.349 e. The third-order valence-electron chi connectivity index (χ3n) is 3.92. The molecule has 1 saturated carbocycles. The van der Waals surface area contributed by atoms with E-state index in [0.29, 0.717) is 12.0 Å². The van der Waals surface area contributed by atoms with Crippen molar-refractivity contribution in [1.82, 2.24) is 5.32 Å². The maximum Gasteiger partial charge on any atom is 0.252 e. The molecule has 0 aromatic heterocycles. The van der Waals surface area contributed by atoms with Crippen molar-refractivity contribution in [2.45, 2.75) is 39.2 Å². The summed E-state index contributed by atoms with van der Waals surface area (Å²) in [6.45, 7) is 4.54. The molecule has 0 saturated heterocycles. The summed E-state index contributed by atoms with van der Waals surface area (Å²) in [7, 11) is 0. The van der Waals surface area contributed by atoms with E-state index >= 15 is 0 Å². The summed E-state index contributed by atoms with van der Waals surface area (Å²) < 4.78 is 1.94. The lowest BCUT2D eigenvalue weighted by molar-refractivity contribution is 0.0898.